The summed E-state index contributed by atoms with van der Waals surface area (Å²) >= 11 is 0. The molecule has 0 amide bonds. The van der Waals surface area contributed by atoms with E-state index < -0.39 is 0 Å². The summed E-state index contributed by atoms with van der Waals surface area (Å²) < 4.78 is 0. The maximum absolute atomic E-state index is 9.36. The van der Waals surface area contributed by atoms with Crippen LogP contribution in [0.3, 0.4) is 0 Å². The Morgan fingerprint density at radius 1 is 0.875 bits per heavy atom. The first-order valence-electron chi connectivity index (χ1n) is 7.68. The number of halogens is 2. The van der Waals surface area contributed by atoms with Crippen LogP contribution in [0.15, 0.2) is 42.0 Å². The van der Waals surface area contributed by atoms with Crippen LogP contribution in [0.25, 0.3) is 0 Å². The Bertz CT molecular complexity index is 524. The maximum atomic E-state index is 9.36. The first-order valence-corrected chi connectivity index (χ1v) is 7.68. The van der Waals surface area contributed by atoms with Gasteiger partial charge >= 0.3 is 0 Å². The lowest BCUT2D eigenvalue weighted by Gasteiger charge is -2.19. The third-order valence-electron chi connectivity index (χ3n) is 3.57. The van der Waals surface area contributed by atoms with E-state index in [1.54, 1.807) is 6.07 Å². The van der Waals surface area contributed by atoms with Gasteiger partial charge in [-0.25, -0.2) is 0 Å². The molecular weight excluding hydrogens is 339 g/mol. The Morgan fingerprint density at radius 3 is 1.71 bits per heavy atom. The molecule has 1 aliphatic rings. The third kappa shape index (κ3) is 9.39. The second kappa shape index (κ2) is 10.8. The minimum atomic E-state index is 0. The van der Waals surface area contributed by atoms with Crippen LogP contribution in [-0.2, 0) is 5.41 Å². The summed E-state index contributed by atoms with van der Waals surface area (Å²) in [5.74, 6) is 0.361. The lowest BCUT2D eigenvalue weighted by Crippen LogP contribution is -2.10. The standard InChI is InChI=1S/C11H16O.C9H14.CH4.2ClH/c1-8-5-9(11(2,3)4)7-10(12)6-8;1-9(2,3)8-6-4-5-7-8;;;/h5-7,12H,1-4H3;4,6-7H,5H2,1-3H3;1H4;2*1H. The largest absolute Gasteiger partial charge is 0.508 e. The number of phenols is 1. The fourth-order valence-electron chi connectivity index (χ4n) is 2.21. The van der Waals surface area contributed by atoms with Crippen LogP contribution in [0.4, 0.5) is 0 Å². The minimum absolute atomic E-state index is 0. The Morgan fingerprint density at radius 2 is 1.42 bits per heavy atom. The summed E-state index contributed by atoms with van der Waals surface area (Å²) in [6.45, 7) is 15.1. The fourth-order valence-corrected chi connectivity index (χ4v) is 2.21. The van der Waals surface area contributed by atoms with Gasteiger partial charge in [0.15, 0.2) is 0 Å². The van der Waals surface area contributed by atoms with Crippen LogP contribution >= 0.6 is 24.8 Å². The first-order chi connectivity index (χ1) is 9.50. The van der Waals surface area contributed by atoms with Crippen molar-refractivity contribution >= 4 is 24.8 Å². The molecular formula is C21H36Cl2O. The molecule has 0 aliphatic heterocycles. The summed E-state index contributed by atoms with van der Waals surface area (Å²) in [5.41, 5.74) is 4.23. The van der Waals surface area contributed by atoms with Gasteiger partial charge < -0.3 is 5.11 Å². The molecule has 0 atom stereocenters. The second-order valence-corrected chi connectivity index (χ2v) is 7.85. The fraction of sp³-hybridized carbons (Fsp3) is 0.524. The molecule has 1 nitrogen and oxygen atoms in total. The van der Waals surface area contributed by atoms with Crippen LogP contribution < -0.4 is 0 Å². The van der Waals surface area contributed by atoms with Gasteiger partial charge in [-0.15, -0.1) is 24.8 Å². The average molecular weight is 375 g/mol. The molecule has 0 saturated heterocycles. The van der Waals surface area contributed by atoms with Crippen molar-refractivity contribution < 1.29 is 5.11 Å². The SMILES string of the molecule is C.CC(C)(C)C1=CCC=C1.Cc1cc(O)cc(C(C)(C)C)c1.Cl.Cl. The lowest BCUT2D eigenvalue weighted by molar-refractivity contribution is 0.470. The van der Waals surface area contributed by atoms with Gasteiger partial charge in [-0.2, -0.15) is 0 Å². The molecule has 1 aliphatic carbocycles. The van der Waals surface area contributed by atoms with Gasteiger partial charge in [0.1, 0.15) is 5.75 Å². The second-order valence-electron chi connectivity index (χ2n) is 7.85. The van der Waals surface area contributed by atoms with E-state index in [0.29, 0.717) is 11.2 Å². The average Bonchev–Trinajstić information content (AvgIpc) is 2.79. The normalized spacial score (nSPS) is 12.7. The monoisotopic (exact) mass is 374 g/mol. The van der Waals surface area contributed by atoms with Gasteiger partial charge in [-0.3, -0.25) is 0 Å². The maximum Gasteiger partial charge on any atom is 0.116 e. The number of allylic oxidation sites excluding steroid dienone is 4. The highest BCUT2D eigenvalue weighted by molar-refractivity contribution is 5.85. The van der Waals surface area contributed by atoms with E-state index in [-0.39, 0.29) is 37.7 Å². The van der Waals surface area contributed by atoms with E-state index in [2.05, 4.69) is 65.8 Å². The Balaban J connectivity index is -0.000000336. The topological polar surface area (TPSA) is 20.2 Å². The van der Waals surface area contributed by atoms with E-state index in [0.717, 1.165) is 12.0 Å². The van der Waals surface area contributed by atoms with Crippen LogP contribution in [0, 0.1) is 12.3 Å². The zero-order valence-electron chi connectivity index (χ0n) is 15.4. The zero-order valence-corrected chi connectivity index (χ0v) is 17.1. The molecule has 1 N–H and O–H groups in total. The number of hydrogen-bond acceptors (Lipinski definition) is 1. The van der Waals surface area contributed by atoms with Crippen LogP contribution in [0.2, 0.25) is 0 Å². The number of benzene rings is 1. The summed E-state index contributed by atoms with van der Waals surface area (Å²) in [7, 11) is 0. The molecule has 0 fully saturated rings. The van der Waals surface area contributed by atoms with Crippen molar-refractivity contribution in [2.45, 2.75) is 67.7 Å². The first kappa shape index (κ1) is 27.9. The minimum Gasteiger partial charge on any atom is -0.508 e. The summed E-state index contributed by atoms with van der Waals surface area (Å²) in [5, 5.41) is 9.36. The molecule has 24 heavy (non-hydrogen) atoms. The molecule has 3 heteroatoms. The molecule has 0 saturated carbocycles. The molecule has 0 unspecified atom stereocenters. The molecule has 0 radical (unpaired) electrons. The van der Waals surface area contributed by atoms with Crippen LogP contribution in [0.1, 0.15) is 66.5 Å². The molecule has 0 heterocycles. The zero-order chi connectivity index (χ0) is 16.3. The molecule has 0 spiro atoms. The predicted octanol–water partition coefficient (Wildman–Crippen LogP) is 7.40. The van der Waals surface area contributed by atoms with Crippen molar-refractivity contribution in [2.24, 2.45) is 5.41 Å². The summed E-state index contributed by atoms with van der Waals surface area (Å²) in [4.78, 5) is 0. The number of phenolic OH excluding ortho intramolecular Hbond substituents is 1. The van der Waals surface area contributed by atoms with Crippen molar-refractivity contribution in [3.05, 3.63) is 53.1 Å². The van der Waals surface area contributed by atoms with Crippen LogP contribution in [-0.4, -0.2) is 5.11 Å². The van der Waals surface area contributed by atoms with Gasteiger partial charge in [0, 0.05) is 0 Å². The summed E-state index contributed by atoms with van der Waals surface area (Å²) in [6.07, 6.45) is 7.85. The molecule has 1 aromatic rings. The van der Waals surface area contributed by atoms with Gasteiger partial charge in [0.25, 0.3) is 0 Å². The van der Waals surface area contributed by atoms with Crippen molar-refractivity contribution in [3.63, 3.8) is 0 Å². The predicted molar refractivity (Wildman–Crippen MR) is 114 cm³/mol. The number of hydrogen-bond donors (Lipinski definition) is 1. The number of rotatable bonds is 0. The highest BCUT2D eigenvalue weighted by Crippen LogP contribution is 2.29. The van der Waals surface area contributed by atoms with Gasteiger partial charge in [0.2, 0.25) is 0 Å². The molecule has 1 aromatic carbocycles. The van der Waals surface area contributed by atoms with Crippen LogP contribution in [0.5, 0.6) is 5.75 Å². The third-order valence-corrected chi connectivity index (χ3v) is 3.57. The van der Waals surface area contributed by atoms with Crippen molar-refractivity contribution in [1.82, 2.24) is 0 Å². The quantitative estimate of drug-likeness (QED) is 0.501. The van der Waals surface area contributed by atoms with Gasteiger partial charge in [0.05, 0.1) is 0 Å². The van der Waals surface area contributed by atoms with E-state index in [9.17, 15) is 5.11 Å². The molecule has 0 aromatic heterocycles. The van der Waals surface area contributed by atoms with Crippen molar-refractivity contribution in [3.8, 4) is 5.75 Å². The van der Waals surface area contributed by atoms with Gasteiger partial charge in [-0.05, 0) is 53.0 Å². The van der Waals surface area contributed by atoms with E-state index in [1.807, 2.05) is 13.0 Å². The Kier molecular flexibility index (Phi) is 12.6. The van der Waals surface area contributed by atoms with Crippen molar-refractivity contribution in [1.29, 1.82) is 0 Å². The molecule has 2 rings (SSSR count). The summed E-state index contributed by atoms with van der Waals surface area (Å²) in [6, 6.07) is 5.71. The van der Waals surface area contributed by atoms with Gasteiger partial charge in [-0.1, -0.05) is 73.3 Å². The molecule has 140 valence electrons. The lowest BCUT2D eigenvalue weighted by atomic mass is 9.86. The van der Waals surface area contributed by atoms with E-state index in [4.69, 9.17) is 0 Å². The smallest absolute Gasteiger partial charge is 0.116 e. The highest BCUT2D eigenvalue weighted by Gasteiger charge is 2.15. The molecule has 0 bridgehead atoms. The van der Waals surface area contributed by atoms with E-state index >= 15 is 0 Å². The van der Waals surface area contributed by atoms with Crippen molar-refractivity contribution in [2.75, 3.05) is 0 Å². The Hall–Kier alpha value is -0.920. The number of aryl methyl sites for hydroxylation is 1. The number of aromatic hydroxyl groups is 1. The Labute approximate surface area is 162 Å². The highest BCUT2D eigenvalue weighted by atomic mass is 35.5. The van der Waals surface area contributed by atoms with E-state index in [1.165, 1.54) is 11.1 Å².